The van der Waals surface area contributed by atoms with E-state index in [1.165, 1.54) is 10.2 Å². The second kappa shape index (κ2) is 65.1. The van der Waals surface area contributed by atoms with Crippen LogP contribution in [0.5, 0.6) is 0 Å². The van der Waals surface area contributed by atoms with Crippen molar-refractivity contribution in [2.24, 2.45) is 0 Å². The van der Waals surface area contributed by atoms with Gasteiger partial charge in [0.1, 0.15) is 0 Å². The first kappa shape index (κ1) is 8.82. The Balaban J connectivity index is 0. The van der Waals surface area contributed by atoms with E-state index in [9.17, 15) is 0 Å². The van der Waals surface area contributed by atoms with E-state index in [-0.39, 0.29) is 0 Å². The predicted molar refractivity (Wildman–Crippen MR) is 22.5 cm³/mol. The first-order valence-electron chi connectivity index (χ1n) is 1.33. The molecule has 0 rings (SSSR count). The lowest BCUT2D eigenvalue weighted by Gasteiger charge is -1.19. The summed E-state index contributed by atoms with van der Waals surface area (Å²) in [5.41, 5.74) is 0. The Bertz CT molecular complexity index is 14.4. The van der Waals surface area contributed by atoms with Gasteiger partial charge in [-0.05, 0) is 10.2 Å². The molecule has 3 nitrogen and oxygen atoms in total. The van der Waals surface area contributed by atoms with Crippen molar-refractivity contribution in [2.45, 2.75) is 6.55 Å². The topological polar surface area (TPSA) is 51.4 Å². The third-order valence-corrected chi connectivity index (χ3v) is 0. The Kier molecular flexibility index (Phi) is 115. The second-order valence-corrected chi connectivity index (χ2v) is 0.0680. The van der Waals surface area contributed by atoms with Crippen LogP contribution in [0.2, 0.25) is 6.55 Å². The van der Waals surface area contributed by atoms with Gasteiger partial charge in [-0.15, -0.1) is 0 Å². The standard InChI is InChI=1S/CH6Si.O3/c1-2;1-3-2/h1-2H3;. The molecule has 0 amide bonds. The van der Waals surface area contributed by atoms with E-state index in [0.717, 1.165) is 0 Å². The summed E-state index contributed by atoms with van der Waals surface area (Å²) >= 11 is 0. The van der Waals surface area contributed by atoms with Gasteiger partial charge in [0.25, 0.3) is 0 Å². The molecule has 0 heterocycles. The fourth-order valence-electron chi connectivity index (χ4n) is 0. The van der Waals surface area contributed by atoms with Crippen LogP contribution in [-0.4, -0.2) is 10.2 Å². The third-order valence-electron chi connectivity index (χ3n) is 0. The number of hydrogen-bond acceptors (Lipinski definition) is 2. The van der Waals surface area contributed by atoms with Crippen LogP contribution in [0.15, 0.2) is 0 Å². The van der Waals surface area contributed by atoms with E-state index in [0.29, 0.717) is 0 Å². The van der Waals surface area contributed by atoms with Gasteiger partial charge in [0.2, 0.25) is 0 Å². The van der Waals surface area contributed by atoms with E-state index < -0.39 is 0 Å². The molecule has 0 spiro atoms. The maximum Gasteiger partial charge on any atom is 0.154 e. The normalized spacial score (nSPS) is 4.20. The summed E-state index contributed by atoms with van der Waals surface area (Å²) < 4.78 is 1.75. The molecule has 0 aromatic carbocycles. The molecule has 0 atom stereocenters. The zero-order valence-corrected chi connectivity index (χ0v) is 5.22. The van der Waals surface area contributed by atoms with Gasteiger partial charge in [-0.25, -0.2) is 0 Å². The van der Waals surface area contributed by atoms with Crippen molar-refractivity contribution in [1.29, 1.82) is 0 Å². The van der Waals surface area contributed by atoms with Crippen LogP contribution in [0.4, 0.5) is 0 Å². The van der Waals surface area contributed by atoms with E-state index in [1.54, 1.807) is 4.75 Å². The number of hydrogen-bond donors (Lipinski definition) is 0. The maximum atomic E-state index is 7.88. The predicted octanol–water partition coefficient (Wildman–Crippen LogP) is -1.72. The lowest BCUT2D eigenvalue weighted by molar-refractivity contribution is -0.284. The van der Waals surface area contributed by atoms with Gasteiger partial charge in [0.05, 0.1) is 0 Å². The highest BCUT2D eigenvalue weighted by Crippen LogP contribution is 1.00. The van der Waals surface area contributed by atoms with Gasteiger partial charge in [0, 0.05) is 0 Å². The summed E-state index contributed by atoms with van der Waals surface area (Å²) in [4.78, 5) is 7.88. The van der Waals surface area contributed by atoms with Crippen LogP contribution in [0, 0.1) is 9.71 Å². The van der Waals surface area contributed by atoms with E-state index in [4.69, 9.17) is 10.2 Å². The third kappa shape index (κ3) is 64.4. The molecule has 5 heavy (non-hydrogen) atoms. The van der Waals surface area contributed by atoms with Crippen LogP contribution in [0.25, 0.3) is 0 Å². The van der Waals surface area contributed by atoms with Crippen LogP contribution in [0.1, 0.15) is 0 Å². The van der Waals surface area contributed by atoms with Gasteiger partial charge < -0.3 is 0 Å². The van der Waals surface area contributed by atoms with E-state index in [1.807, 2.05) is 0 Å². The molecule has 0 unspecified atom stereocenters. The summed E-state index contributed by atoms with van der Waals surface area (Å²) in [7, 11) is 1.31. The molecule has 0 N–H and O–H groups in total. The molecule has 0 radical (unpaired) electrons. The summed E-state index contributed by atoms with van der Waals surface area (Å²) in [5, 5.41) is 7.88. The Morgan fingerprint density at radius 1 is 1.80 bits per heavy atom. The molecule has 32 valence electrons. The molecular weight excluding hydrogens is 88.1 g/mol. The highest BCUT2D eigenvalue weighted by molar-refractivity contribution is 6.05. The average Bonchev–Trinajstić information content (AvgIpc) is 1.46. The minimum atomic E-state index is 1.31. The van der Waals surface area contributed by atoms with Gasteiger partial charge in [-0.3, -0.25) is 0 Å². The lowest BCUT2D eigenvalue weighted by atomic mass is 11.9. The minimum absolute atomic E-state index is 1.31. The van der Waals surface area contributed by atoms with Crippen molar-refractivity contribution in [3.63, 3.8) is 0 Å². The highest BCUT2D eigenvalue weighted by Gasteiger charge is 1.27. The Morgan fingerprint density at radius 3 is 1.80 bits per heavy atom. The largest absolute Gasteiger partial charge is 0.154 e. The Morgan fingerprint density at radius 2 is 1.80 bits per heavy atom. The SMILES string of the molecule is C[SiH3].O=[O+][O-]. The molecule has 0 aliphatic heterocycles. The van der Waals surface area contributed by atoms with E-state index in [2.05, 4.69) is 6.55 Å². The van der Waals surface area contributed by atoms with Gasteiger partial charge in [-0.1, -0.05) is 16.8 Å². The van der Waals surface area contributed by atoms with Gasteiger partial charge in [-0.2, -0.15) is 0 Å². The molecule has 4 heteroatoms. The summed E-state index contributed by atoms with van der Waals surface area (Å²) in [6.07, 6.45) is 0. The molecule has 0 aliphatic carbocycles. The fourth-order valence-corrected chi connectivity index (χ4v) is 0. The van der Waals surface area contributed by atoms with Crippen LogP contribution in [0.3, 0.4) is 0 Å². The van der Waals surface area contributed by atoms with Crippen molar-refractivity contribution < 1.29 is 5.26 Å². The van der Waals surface area contributed by atoms with Crippen molar-refractivity contribution >= 4 is 10.2 Å². The van der Waals surface area contributed by atoms with Crippen LogP contribution in [-0.2, 0) is 0 Å². The molecule has 0 aromatic rings. The van der Waals surface area contributed by atoms with Gasteiger partial charge >= 0.3 is 0 Å². The Hall–Kier alpha value is -0.383. The first-order valence-corrected chi connectivity index (χ1v) is 3.33. The van der Waals surface area contributed by atoms with Crippen molar-refractivity contribution in [2.75, 3.05) is 0 Å². The average molecular weight is 94.1 g/mol. The molecule has 0 saturated carbocycles. The lowest BCUT2D eigenvalue weighted by Crippen LogP contribution is -1.82. The van der Waals surface area contributed by atoms with Crippen LogP contribution < -0.4 is 5.26 Å². The second-order valence-electron chi connectivity index (χ2n) is 0.0680. The Labute approximate surface area is 32.9 Å². The number of rotatable bonds is 0. The van der Waals surface area contributed by atoms with Gasteiger partial charge in [0.15, 0.2) is 4.75 Å². The molecule has 0 fully saturated rings. The molecule has 0 aromatic heterocycles. The minimum Gasteiger partial charge on any atom is -0.0777 e. The molecular formula is CH6O3Si. The highest BCUT2D eigenvalue weighted by atomic mass is 28.1. The summed E-state index contributed by atoms with van der Waals surface area (Å²) in [5.74, 6) is 0. The smallest absolute Gasteiger partial charge is 0.0777 e. The van der Waals surface area contributed by atoms with Crippen LogP contribution >= 0.6 is 0 Å². The first-order chi connectivity index (χ1) is 2.41. The quantitative estimate of drug-likeness (QED) is 0.155. The summed E-state index contributed by atoms with van der Waals surface area (Å²) in [6, 6.07) is 0. The zero-order valence-electron chi connectivity index (χ0n) is 3.22. The van der Waals surface area contributed by atoms with Crippen molar-refractivity contribution in [3.8, 4) is 0 Å². The summed E-state index contributed by atoms with van der Waals surface area (Å²) in [6.45, 7) is 2.14. The molecule has 0 bridgehead atoms. The maximum absolute atomic E-state index is 7.88. The molecule has 0 aliphatic rings. The van der Waals surface area contributed by atoms with E-state index >= 15 is 0 Å². The van der Waals surface area contributed by atoms with Crippen molar-refractivity contribution in [1.82, 2.24) is 0 Å². The zero-order chi connectivity index (χ0) is 4.71. The monoisotopic (exact) mass is 94.0 g/mol. The van der Waals surface area contributed by atoms with Crippen molar-refractivity contribution in [3.05, 3.63) is 9.71 Å². The fraction of sp³-hybridized carbons (Fsp3) is 1.00. The molecule has 0 saturated heterocycles.